The predicted molar refractivity (Wildman–Crippen MR) is 115 cm³/mol. The smallest absolute Gasteiger partial charge is 0.354 e. The van der Waals surface area contributed by atoms with Crippen LogP contribution < -0.4 is 10.6 Å². The molecule has 3 aromatic rings. The van der Waals surface area contributed by atoms with E-state index < -0.39 is 0 Å². The minimum Gasteiger partial charge on any atom is -0.355 e. The van der Waals surface area contributed by atoms with Crippen LogP contribution in [0.1, 0.15) is 44.6 Å². The second-order valence-corrected chi connectivity index (χ2v) is 9.30. The van der Waals surface area contributed by atoms with Crippen LogP contribution in [0.5, 0.6) is 0 Å². The SMILES string of the molecule is CC1(C)CCN(c2nc(=O)n(-c3ccccc3Cl)c3cc(C4CC4)ccc23)C1. The Labute approximate surface area is 169 Å². The van der Waals surface area contributed by atoms with E-state index in [2.05, 4.69) is 41.9 Å². The molecule has 0 spiro atoms. The van der Waals surface area contributed by atoms with E-state index in [0.29, 0.717) is 16.6 Å². The number of halogens is 1. The van der Waals surface area contributed by atoms with E-state index in [9.17, 15) is 4.79 Å². The van der Waals surface area contributed by atoms with Crippen LogP contribution in [-0.4, -0.2) is 22.6 Å². The zero-order valence-corrected chi connectivity index (χ0v) is 17.0. The van der Waals surface area contributed by atoms with Crippen LogP contribution in [0.4, 0.5) is 5.82 Å². The van der Waals surface area contributed by atoms with Crippen molar-refractivity contribution in [3.8, 4) is 5.69 Å². The molecule has 2 heterocycles. The number of fused-ring (bicyclic) bond motifs is 1. The molecule has 1 saturated carbocycles. The molecule has 0 unspecified atom stereocenters. The van der Waals surface area contributed by atoms with Gasteiger partial charge in [0.15, 0.2) is 0 Å². The van der Waals surface area contributed by atoms with E-state index in [1.165, 1.54) is 18.4 Å². The number of anilines is 1. The number of hydrogen-bond acceptors (Lipinski definition) is 3. The van der Waals surface area contributed by atoms with Gasteiger partial charge in [-0.05, 0) is 60.4 Å². The Kier molecular flexibility index (Phi) is 4.02. The van der Waals surface area contributed by atoms with Crippen molar-refractivity contribution in [1.82, 2.24) is 9.55 Å². The summed E-state index contributed by atoms with van der Waals surface area (Å²) in [6, 6.07) is 14.0. The van der Waals surface area contributed by atoms with Gasteiger partial charge in [0, 0.05) is 18.5 Å². The molecule has 28 heavy (non-hydrogen) atoms. The maximum atomic E-state index is 13.2. The Hall–Kier alpha value is -2.33. The van der Waals surface area contributed by atoms with Crippen LogP contribution in [0.15, 0.2) is 47.3 Å². The van der Waals surface area contributed by atoms with Crippen molar-refractivity contribution < 1.29 is 0 Å². The maximum Gasteiger partial charge on any atom is 0.354 e. The molecule has 0 radical (unpaired) electrons. The molecule has 0 amide bonds. The summed E-state index contributed by atoms with van der Waals surface area (Å²) in [5.74, 6) is 1.41. The highest BCUT2D eigenvalue weighted by Gasteiger charge is 2.32. The Morgan fingerprint density at radius 2 is 1.93 bits per heavy atom. The molecule has 0 N–H and O–H groups in total. The lowest BCUT2D eigenvalue weighted by atomic mass is 9.93. The molecule has 2 aromatic carbocycles. The molecule has 144 valence electrons. The Bertz CT molecular complexity index is 1130. The van der Waals surface area contributed by atoms with Gasteiger partial charge in [-0.3, -0.25) is 4.57 Å². The average Bonchev–Trinajstić information content (AvgIpc) is 3.45. The third kappa shape index (κ3) is 3.00. The first kappa shape index (κ1) is 17.7. The summed E-state index contributed by atoms with van der Waals surface area (Å²) in [6.45, 7) is 6.38. The third-order valence-corrected chi connectivity index (χ3v) is 6.34. The number of para-hydroxylation sites is 1. The highest BCUT2D eigenvalue weighted by Crippen LogP contribution is 2.42. The highest BCUT2D eigenvalue weighted by molar-refractivity contribution is 6.32. The number of aromatic nitrogens is 2. The summed E-state index contributed by atoms with van der Waals surface area (Å²) in [4.78, 5) is 20.0. The summed E-state index contributed by atoms with van der Waals surface area (Å²) >= 11 is 6.45. The van der Waals surface area contributed by atoms with Crippen molar-refractivity contribution in [3.63, 3.8) is 0 Å². The highest BCUT2D eigenvalue weighted by atomic mass is 35.5. The molecule has 2 aliphatic rings. The van der Waals surface area contributed by atoms with Crippen LogP contribution >= 0.6 is 11.6 Å². The fraction of sp³-hybridized carbons (Fsp3) is 0.391. The van der Waals surface area contributed by atoms with Gasteiger partial charge >= 0.3 is 5.69 Å². The van der Waals surface area contributed by atoms with Crippen LogP contribution in [-0.2, 0) is 0 Å². The van der Waals surface area contributed by atoms with Gasteiger partial charge in [-0.1, -0.05) is 43.6 Å². The van der Waals surface area contributed by atoms with Crippen molar-refractivity contribution in [1.29, 1.82) is 0 Å². The van der Waals surface area contributed by atoms with Gasteiger partial charge in [0.05, 0.1) is 16.2 Å². The standard InChI is InChI=1S/C23H24ClN3O/c1-23(2)11-12-26(14-23)21-17-10-9-16(15-7-8-15)13-20(17)27(22(28)25-21)19-6-4-3-5-18(19)24/h3-6,9-10,13,15H,7-8,11-12,14H2,1-2H3. The van der Waals surface area contributed by atoms with E-state index in [1.807, 2.05) is 24.3 Å². The first-order valence-electron chi connectivity index (χ1n) is 9.99. The van der Waals surface area contributed by atoms with Gasteiger partial charge in [0.25, 0.3) is 0 Å². The minimum absolute atomic E-state index is 0.236. The van der Waals surface area contributed by atoms with Crippen molar-refractivity contribution in [3.05, 3.63) is 63.5 Å². The minimum atomic E-state index is -0.270. The number of nitrogens with zero attached hydrogens (tertiary/aromatic N) is 3. The molecular formula is C23H24ClN3O. The lowest BCUT2D eigenvalue weighted by Crippen LogP contribution is -2.29. The maximum absolute atomic E-state index is 13.2. The number of hydrogen-bond donors (Lipinski definition) is 0. The van der Waals surface area contributed by atoms with Crippen molar-refractivity contribution in [2.75, 3.05) is 18.0 Å². The normalized spacial score (nSPS) is 18.8. The van der Waals surface area contributed by atoms with E-state index >= 15 is 0 Å². The first-order valence-corrected chi connectivity index (χ1v) is 10.4. The first-order chi connectivity index (χ1) is 13.4. The lowest BCUT2D eigenvalue weighted by molar-refractivity contribution is 0.418. The van der Waals surface area contributed by atoms with Crippen molar-refractivity contribution >= 4 is 28.3 Å². The monoisotopic (exact) mass is 393 g/mol. The van der Waals surface area contributed by atoms with Crippen LogP contribution in [0.25, 0.3) is 16.6 Å². The van der Waals surface area contributed by atoms with Crippen LogP contribution in [0.2, 0.25) is 5.02 Å². The van der Waals surface area contributed by atoms with E-state index in [-0.39, 0.29) is 11.1 Å². The second kappa shape index (κ2) is 6.35. The molecular weight excluding hydrogens is 370 g/mol. The molecule has 1 aromatic heterocycles. The topological polar surface area (TPSA) is 38.1 Å². The zero-order chi connectivity index (χ0) is 19.5. The molecule has 1 aliphatic carbocycles. The summed E-state index contributed by atoms with van der Waals surface area (Å²) in [7, 11) is 0. The average molecular weight is 394 g/mol. The van der Waals surface area contributed by atoms with Gasteiger partial charge in [-0.2, -0.15) is 4.98 Å². The second-order valence-electron chi connectivity index (χ2n) is 8.89. The van der Waals surface area contributed by atoms with E-state index in [4.69, 9.17) is 11.6 Å². The fourth-order valence-corrected chi connectivity index (χ4v) is 4.52. The largest absolute Gasteiger partial charge is 0.355 e. The Balaban J connectivity index is 1.77. The molecule has 1 aliphatic heterocycles. The number of rotatable bonds is 3. The molecule has 2 fully saturated rings. The van der Waals surface area contributed by atoms with Gasteiger partial charge in [0.1, 0.15) is 5.82 Å². The predicted octanol–water partition coefficient (Wildman–Crippen LogP) is 5.15. The zero-order valence-electron chi connectivity index (χ0n) is 16.3. The van der Waals surface area contributed by atoms with Crippen LogP contribution in [0, 0.1) is 5.41 Å². The molecule has 5 heteroatoms. The molecule has 0 bridgehead atoms. The van der Waals surface area contributed by atoms with Gasteiger partial charge < -0.3 is 4.90 Å². The number of benzene rings is 2. The van der Waals surface area contributed by atoms with Gasteiger partial charge in [0.2, 0.25) is 0 Å². The summed E-state index contributed by atoms with van der Waals surface area (Å²) in [5, 5.41) is 1.57. The lowest BCUT2D eigenvalue weighted by Gasteiger charge is -2.23. The van der Waals surface area contributed by atoms with Gasteiger partial charge in [-0.15, -0.1) is 0 Å². The molecule has 0 atom stereocenters. The van der Waals surface area contributed by atoms with Crippen molar-refractivity contribution in [2.45, 2.75) is 39.0 Å². The molecule has 5 rings (SSSR count). The van der Waals surface area contributed by atoms with Crippen molar-refractivity contribution in [2.24, 2.45) is 5.41 Å². The Morgan fingerprint density at radius 3 is 2.61 bits per heavy atom. The summed E-state index contributed by atoms with van der Waals surface area (Å²) in [6.07, 6.45) is 3.55. The quantitative estimate of drug-likeness (QED) is 0.617. The molecule has 1 saturated heterocycles. The van der Waals surface area contributed by atoms with Crippen LogP contribution in [0.3, 0.4) is 0 Å². The fourth-order valence-electron chi connectivity index (χ4n) is 4.30. The third-order valence-electron chi connectivity index (χ3n) is 6.02. The van der Waals surface area contributed by atoms with E-state index in [0.717, 1.165) is 36.2 Å². The molecule has 4 nitrogen and oxygen atoms in total. The van der Waals surface area contributed by atoms with E-state index in [1.54, 1.807) is 4.57 Å². The summed E-state index contributed by atoms with van der Waals surface area (Å²) < 4.78 is 1.67. The van der Waals surface area contributed by atoms with Gasteiger partial charge in [-0.25, -0.2) is 4.79 Å². The Morgan fingerprint density at radius 1 is 1.14 bits per heavy atom. The summed E-state index contributed by atoms with van der Waals surface area (Å²) in [5.41, 5.74) is 2.85.